The molecular weight excluding hydrogens is 384 g/mol. The normalized spacial score (nSPS) is 17.4. The van der Waals surface area contributed by atoms with Crippen LogP contribution in [0.1, 0.15) is 45.6 Å². The topological polar surface area (TPSA) is 98.4 Å². The summed E-state index contributed by atoms with van der Waals surface area (Å²) in [6, 6.07) is 5.68. The standard InChI is InChI=1S/C22H36N4O4/c1-22(2,3)30-21(27)26-12-6-7-16(15-26)10-11-24-20(23)25-14-17-8-9-18(28-4)19(13-17)29-5/h8-9,13,16H,6-7,10-12,14-15H2,1-5H3,(H3,23,24,25). The highest BCUT2D eigenvalue weighted by Crippen LogP contribution is 2.27. The Morgan fingerprint density at radius 3 is 2.67 bits per heavy atom. The van der Waals surface area contributed by atoms with Crippen LogP contribution in [0.15, 0.2) is 23.2 Å². The minimum Gasteiger partial charge on any atom is -0.493 e. The Labute approximate surface area is 179 Å². The minimum absolute atomic E-state index is 0.226. The maximum absolute atomic E-state index is 12.3. The molecule has 1 heterocycles. The number of ether oxygens (including phenoxy) is 3. The first-order valence-corrected chi connectivity index (χ1v) is 10.4. The van der Waals surface area contributed by atoms with E-state index in [0.717, 1.165) is 37.9 Å². The van der Waals surface area contributed by atoms with Crippen molar-refractivity contribution in [3.8, 4) is 11.5 Å². The van der Waals surface area contributed by atoms with Crippen LogP contribution in [0, 0.1) is 5.92 Å². The molecule has 0 bridgehead atoms. The van der Waals surface area contributed by atoms with Crippen LogP contribution in [0.25, 0.3) is 0 Å². The average molecular weight is 421 g/mol. The van der Waals surface area contributed by atoms with Gasteiger partial charge in [-0.05, 0) is 63.6 Å². The predicted octanol–water partition coefficient (Wildman–Crippen LogP) is 3.15. The Morgan fingerprint density at radius 1 is 1.27 bits per heavy atom. The second-order valence-electron chi connectivity index (χ2n) is 8.54. The Balaban J connectivity index is 1.77. The van der Waals surface area contributed by atoms with Crippen molar-refractivity contribution < 1.29 is 19.0 Å². The highest BCUT2D eigenvalue weighted by atomic mass is 16.6. The lowest BCUT2D eigenvalue weighted by Crippen LogP contribution is -2.43. The summed E-state index contributed by atoms with van der Waals surface area (Å²) in [7, 11) is 3.21. The number of amides is 1. The summed E-state index contributed by atoms with van der Waals surface area (Å²) in [6.45, 7) is 8.32. The summed E-state index contributed by atoms with van der Waals surface area (Å²) in [5, 5.41) is 3.17. The van der Waals surface area contributed by atoms with Gasteiger partial charge in [-0.3, -0.25) is 0 Å². The quantitative estimate of drug-likeness (QED) is 0.519. The molecule has 0 spiro atoms. The average Bonchev–Trinajstić information content (AvgIpc) is 2.71. The van der Waals surface area contributed by atoms with Crippen molar-refractivity contribution in [3.63, 3.8) is 0 Å². The van der Waals surface area contributed by atoms with E-state index >= 15 is 0 Å². The van der Waals surface area contributed by atoms with Crippen LogP contribution in [0.2, 0.25) is 0 Å². The van der Waals surface area contributed by atoms with Crippen LogP contribution in [-0.4, -0.2) is 56.4 Å². The number of nitrogens with two attached hydrogens (primary N) is 1. The zero-order valence-corrected chi connectivity index (χ0v) is 18.9. The summed E-state index contributed by atoms with van der Waals surface area (Å²) < 4.78 is 16.0. The zero-order valence-electron chi connectivity index (χ0n) is 18.9. The van der Waals surface area contributed by atoms with Crippen molar-refractivity contribution in [3.05, 3.63) is 23.8 Å². The van der Waals surface area contributed by atoms with Gasteiger partial charge in [0.25, 0.3) is 0 Å². The number of methoxy groups -OCH3 is 2. The molecule has 30 heavy (non-hydrogen) atoms. The molecule has 3 N–H and O–H groups in total. The van der Waals surface area contributed by atoms with Crippen LogP contribution in [0.5, 0.6) is 11.5 Å². The number of benzene rings is 1. The van der Waals surface area contributed by atoms with Gasteiger partial charge in [0.1, 0.15) is 5.60 Å². The lowest BCUT2D eigenvalue weighted by atomic mass is 9.95. The Bertz CT molecular complexity index is 730. The first-order valence-electron chi connectivity index (χ1n) is 10.4. The molecule has 1 aromatic rings. The number of hydrogen-bond donors (Lipinski definition) is 2. The number of nitrogens with one attached hydrogen (secondary N) is 1. The molecule has 1 aliphatic rings. The third-order valence-electron chi connectivity index (χ3n) is 4.91. The van der Waals surface area contributed by atoms with Crippen LogP contribution in [-0.2, 0) is 11.3 Å². The van der Waals surface area contributed by atoms with E-state index in [1.807, 2.05) is 43.9 Å². The van der Waals surface area contributed by atoms with Crippen LogP contribution in [0.3, 0.4) is 0 Å². The predicted molar refractivity (Wildman–Crippen MR) is 118 cm³/mol. The van der Waals surface area contributed by atoms with E-state index in [1.165, 1.54) is 0 Å². The van der Waals surface area contributed by atoms with Gasteiger partial charge < -0.3 is 30.2 Å². The fraction of sp³-hybridized carbons (Fsp3) is 0.636. The van der Waals surface area contributed by atoms with E-state index in [1.54, 1.807) is 14.2 Å². The van der Waals surface area contributed by atoms with Crippen molar-refractivity contribution in [2.24, 2.45) is 16.6 Å². The molecule has 168 valence electrons. The number of carbonyl (C=O) groups is 1. The molecule has 1 aromatic carbocycles. The number of likely N-dealkylation sites (tertiary alicyclic amines) is 1. The van der Waals surface area contributed by atoms with Crippen molar-refractivity contribution in [2.75, 3.05) is 33.9 Å². The molecule has 1 saturated heterocycles. The maximum Gasteiger partial charge on any atom is 0.410 e. The molecule has 1 fully saturated rings. The Morgan fingerprint density at radius 2 is 2.00 bits per heavy atom. The number of carbonyl (C=O) groups excluding carboxylic acids is 1. The van der Waals surface area contributed by atoms with E-state index in [2.05, 4.69) is 10.3 Å². The number of hydrogen-bond acceptors (Lipinski definition) is 5. The second-order valence-corrected chi connectivity index (χ2v) is 8.54. The summed E-state index contributed by atoms with van der Waals surface area (Å²) in [5.74, 6) is 2.19. The van der Waals surface area contributed by atoms with E-state index in [9.17, 15) is 4.79 Å². The van der Waals surface area contributed by atoms with E-state index in [4.69, 9.17) is 19.9 Å². The first-order chi connectivity index (χ1) is 14.2. The molecule has 8 nitrogen and oxygen atoms in total. The van der Waals surface area contributed by atoms with Crippen molar-refractivity contribution in [1.29, 1.82) is 0 Å². The lowest BCUT2D eigenvalue weighted by Gasteiger charge is -2.34. The summed E-state index contributed by atoms with van der Waals surface area (Å²) >= 11 is 0. The monoisotopic (exact) mass is 420 g/mol. The van der Waals surface area contributed by atoms with E-state index < -0.39 is 5.60 Å². The molecule has 1 amide bonds. The van der Waals surface area contributed by atoms with Crippen LogP contribution in [0.4, 0.5) is 4.79 Å². The summed E-state index contributed by atoms with van der Waals surface area (Å²) in [5.41, 5.74) is 6.52. The smallest absolute Gasteiger partial charge is 0.410 e. The van der Waals surface area contributed by atoms with Gasteiger partial charge in [0, 0.05) is 19.6 Å². The number of rotatable bonds is 7. The number of aliphatic imine (C=N–C) groups is 1. The molecule has 0 radical (unpaired) electrons. The van der Waals surface area contributed by atoms with Crippen LogP contribution < -0.4 is 20.5 Å². The molecule has 1 unspecified atom stereocenters. The van der Waals surface area contributed by atoms with Crippen LogP contribution >= 0.6 is 0 Å². The Kier molecular flexibility index (Phi) is 8.62. The van der Waals surface area contributed by atoms with Crippen molar-refractivity contribution in [1.82, 2.24) is 10.2 Å². The van der Waals surface area contributed by atoms with Gasteiger partial charge >= 0.3 is 6.09 Å². The maximum atomic E-state index is 12.3. The first kappa shape index (κ1) is 23.6. The second kappa shape index (κ2) is 10.9. The summed E-state index contributed by atoms with van der Waals surface area (Å²) in [4.78, 5) is 18.5. The molecule has 0 aliphatic carbocycles. The van der Waals surface area contributed by atoms with Crippen molar-refractivity contribution in [2.45, 2.75) is 52.2 Å². The third kappa shape index (κ3) is 7.65. The zero-order chi connectivity index (χ0) is 22.1. The summed E-state index contributed by atoms with van der Waals surface area (Å²) in [6.07, 6.45) is 2.79. The number of piperidine rings is 1. The highest BCUT2D eigenvalue weighted by molar-refractivity contribution is 5.77. The van der Waals surface area contributed by atoms with Gasteiger partial charge in [-0.25, -0.2) is 9.79 Å². The molecule has 1 atom stereocenters. The van der Waals surface area contributed by atoms with Gasteiger partial charge in [0.15, 0.2) is 17.5 Å². The fourth-order valence-electron chi connectivity index (χ4n) is 3.41. The van der Waals surface area contributed by atoms with Gasteiger partial charge in [-0.2, -0.15) is 0 Å². The van der Waals surface area contributed by atoms with E-state index in [0.29, 0.717) is 36.5 Å². The molecule has 2 rings (SSSR count). The van der Waals surface area contributed by atoms with Gasteiger partial charge in [-0.15, -0.1) is 0 Å². The Hall–Kier alpha value is -2.64. The SMILES string of the molecule is COc1ccc(CN=C(N)NCCC2CCCN(C(=O)OC(C)(C)C)C2)cc1OC. The highest BCUT2D eigenvalue weighted by Gasteiger charge is 2.27. The largest absolute Gasteiger partial charge is 0.493 e. The van der Waals surface area contributed by atoms with Gasteiger partial charge in [-0.1, -0.05) is 6.07 Å². The lowest BCUT2D eigenvalue weighted by molar-refractivity contribution is 0.0162. The molecular formula is C22H36N4O4. The fourth-order valence-corrected chi connectivity index (χ4v) is 3.41. The van der Waals surface area contributed by atoms with Gasteiger partial charge in [0.05, 0.1) is 20.8 Å². The van der Waals surface area contributed by atoms with Crippen molar-refractivity contribution >= 4 is 12.1 Å². The van der Waals surface area contributed by atoms with E-state index in [-0.39, 0.29) is 6.09 Å². The van der Waals surface area contributed by atoms with Gasteiger partial charge in [0.2, 0.25) is 0 Å². The third-order valence-corrected chi connectivity index (χ3v) is 4.91. The molecule has 0 aromatic heterocycles. The molecule has 8 heteroatoms. The number of nitrogens with zero attached hydrogens (tertiary/aromatic N) is 2. The molecule has 1 aliphatic heterocycles. The minimum atomic E-state index is -0.468. The number of guanidine groups is 1. The molecule has 0 saturated carbocycles.